The standard InChI is InChI=1S/C47H86N2O20/c1-4-6-8-10-12-14-16-18-20-22-30(55)44(63)49-28(35(56)29(54)21-19-17-15-13-11-9-7-5-2)26-64-46-41(62)39(60)42(33(25-52)67-46)68-45-34(48-27(3)53)43(37(58)32(24-51)65-45)69-47-40(61)38(59)36(57)31(23-50)66-47/h6,8,28-43,45-47,50-52,54-62H,4-5,7,9-26H2,1-3H3,(H,48,53)(H,49,63)/b8-6+/t28?,29?,30?,31-,32-,33-,34-,35?,36+,37+,38+,39-,40-,41-,42+,43-,45+,46-,47+/m1/s1. The van der Waals surface area contributed by atoms with Crippen LogP contribution in [0, 0.1) is 0 Å². The fraction of sp³-hybridized carbons (Fsp3) is 0.915. The smallest absolute Gasteiger partial charge is 0.249 e. The first-order chi connectivity index (χ1) is 33.0. The maximum atomic E-state index is 13.3. The van der Waals surface area contributed by atoms with Gasteiger partial charge in [0.25, 0.3) is 0 Å². The van der Waals surface area contributed by atoms with Crippen molar-refractivity contribution >= 4 is 11.8 Å². The summed E-state index contributed by atoms with van der Waals surface area (Å²) < 4.78 is 34.7. The second-order valence-corrected chi connectivity index (χ2v) is 18.6. The molecule has 22 heteroatoms. The van der Waals surface area contributed by atoms with Crippen LogP contribution in [0.5, 0.6) is 0 Å². The number of allylic oxidation sites excluding steroid dienone is 2. The lowest BCUT2D eigenvalue weighted by molar-refractivity contribution is -0.366. The Morgan fingerprint density at radius 2 is 1.13 bits per heavy atom. The van der Waals surface area contributed by atoms with E-state index in [2.05, 4.69) is 36.6 Å². The van der Waals surface area contributed by atoms with Crippen LogP contribution in [0.4, 0.5) is 0 Å². The van der Waals surface area contributed by atoms with Crippen LogP contribution in [0.3, 0.4) is 0 Å². The summed E-state index contributed by atoms with van der Waals surface area (Å²) >= 11 is 0. The van der Waals surface area contributed by atoms with Gasteiger partial charge < -0.3 is 100 Å². The minimum atomic E-state index is -1.97. The van der Waals surface area contributed by atoms with Gasteiger partial charge in [-0.15, -0.1) is 0 Å². The van der Waals surface area contributed by atoms with Crippen molar-refractivity contribution in [2.24, 2.45) is 0 Å². The van der Waals surface area contributed by atoms with Crippen LogP contribution in [0.25, 0.3) is 0 Å². The van der Waals surface area contributed by atoms with Gasteiger partial charge in [0.1, 0.15) is 85.4 Å². The van der Waals surface area contributed by atoms with Crippen LogP contribution in [0.1, 0.15) is 130 Å². The van der Waals surface area contributed by atoms with Crippen LogP contribution in [-0.4, -0.2) is 216 Å². The highest BCUT2D eigenvalue weighted by atomic mass is 16.7. The monoisotopic (exact) mass is 999 g/mol. The molecule has 22 nitrogen and oxygen atoms in total. The average molecular weight is 999 g/mol. The summed E-state index contributed by atoms with van der Waals surface area (Å²) in [4.78, 5) is 25.8. The minimum absolute atomic E-state index is 0.147. The lowest BCUT2D eigenvalue weighted by Gasteiger charge is -2.49. The molecule has 3 rings (SSSR count). The number of amides is 2. The highest BCUT2D eigenvalue weighted by Crippen LogP contribution is 2.33. The van der Waals surface area contributed by atoms with Crippen LogP contribution in [0.2, 0.25) is 0 Å². The van der Waals surface area contributed by atoms with Crippen LogP contribution in [-0.2, 0) is 38.0 Å². The number of aliphatic hydroxyl groups excluding tert-OH is 12. The van der Waals surface area contributed by atoms with E-state index in [4.69, 9.17) is 28.4 Å². The van der Waals surface area contributed by atoms with Gasteiger partial charge in [-0.05, 0) is 32.1 Å². The molecular formula is C47H86N2O20. The third kappa shape index (κ3) is 19.4. The second kappa shape index (κ2) is 32.9. The Hall–Kier alpha value is -2.04. The third-order valence-corrected chi connectivity index (χ3v) is 13.0. The van der Waals surface area contributed by atoms with Gasteiger partial charge in [0.2, 0.25) is 11.8 Å². The van der Waals surface area contributed by atoms with E-state index < -0.39 is 155 Å². The molecule has 0 bridgehead atoms. The third-order valence-electron chi connectivity index (χ3n) is 13.0. The lowest BCUT2D eigenvalue weighted by Crippen LogP contribution is -2.69. The SMILES string of the molecule is CC/C=C/CCCCCCCC(O)C(=O)NC(CO[C@@H]1O[C@H](CO)[C@H](O[C@@H]2O[C@H](CO)[C@H](O)[C@H](O[C@@H]3O[C@H](CO)[C@H](O)[C@H](O)[C@H]3O)[C@H]2NC(C)=O)[C@H](O)[C@H]1O)C(O)C(O)CCCCCCCCCC. The predicted octanol–water partition coefficient (Wildman–Crippen LogP) is -1.61. The quantitative estimate of drug-likeness (QED) is 0.0260. The van der Waals surface area contributed by atoms with Crippen molar-refractivity contribution in [3.05, 3.63) is 12.2 Å². The Balaban J connectivity index is 1.74. The molecule has 19 atom stereocenters. The molecule has 0 spiro atoms. The summed E-state index contributed by atoms with van der Waals surface area (Å²) in [6.07, 6.45) is -9.95. The predicted molar refractivity (Wildman–Crippen MR) is 246 cm³/mol. The number of rotatable bonds is 33. The number of hydrogen-bond acceptors (Lipinski definition) is 20. The average Bonchev–Trinajstić information content (AvgIpc) is 3.33. The van der Waals surface area contributed by atoms with Crippen molar-refractivity contribution in [3.8, 4) is 0 Å². The lowest BCUT2D eigenvalue weighted by atomic mass is 9.94. The first kappa shape index (κ1) is 61.3. The molecule has 3 fully saturated rings. The number of aliphatic hydroxyl groups is 12. The molecule has 4 unspecified atom stereocenters. The fourth-order valence-electron chi connectivity index (χ4n) is 8.76. The first-order valence-electron chi connectivity index (χ1n) is 25.1. The van der Waals surface area contributed by atoms with Gasteiger partial charge in [0.05, 0.1) is 38.6 Å². The summed E-state index contributed by atoms with van der Waals surface area (Å²) in [5.41, 5.74) is 0. The molecule has 0 aromatic carbocycles. The van der Waals surface area contributed by atoms with Crippen molar-refractivity contribution in [1.82, 2.24) is 10.6 Å². The van der Waals surface area contributed by atoms with E-state index in [0.717, 1.165) is 84.0 Å². The topological polar surface area (TPSA) is 356 Å². The van der Waals surface area contributed by atoms with E-state index in [1.54, 1.807) is 0 Å². The van der Waals surface area contributed by atoms with E-state index in [9.17, 15) is 70.9 Å². The number of nitrogens with one attached hydrogen (secondary N) is 2. The number of unbranched alkanes of at least 4 members (excludes halogenated alkanes) is 12. The van der Waals surface area contributed by atoms with Crippen molar-refractivity contribution in [2.45, 2.75) is 246 Å². The fourth-order valence-corrected chi connectivity index (χ4v) is 8.76. The number of ether oxygens (including phenoxy) is 6. The summed E-state index contributed by atoms with van der Waals surface area (Å²) in [5.74, 6) is -1.55. The summed E-state index contributed by atoms with van der Waals surface area (Å²) in [7, 11) is 0. The normalized spacial score (nSPS) is 33.8. The molecule has 0 radical (unpaired) electrons. The van der Waals surface area contributed by atoms with Gasteiger partial charge in [-0.2, -0.15) is 0 Å². The van der Waals surface area contributed by atoms with Crippen molar-refractivity contribution in [2.75, 3.05) is 26.4 Å². The van der Waals surface area contributed by atoms with E-state index in [1.165, 1.54) is 6.42 Å². The Bertz CT molecular complexity index is 1430. The van der Waals surface area contributed by atoms with Crippen LogP contribution < -0.4 is 10.6 Å². The van der Waals surface area contributed by atoms with Crippen molar-refractivity contribution < 1.29 is 99.3 Å². The maximum absolute atomic E-state index is 13.3. The molecule has 404 valence electrons. The highest BCUT2D eigenvalue weighted by molar-refractivity contribution is 5.80. The van der Waals surface area contributed by atoms with Crippen LogP contribution in [0.15, 0.2) is 12.2 Å². The zero-order valence-electron chi connectivity index (χ0n) is 40.6. The van der Waals surface area contributed by atoms with E-state index in [-0.39, 0.29) is 12.8 Å². The van der Waals surface area contributed by atoms with E-state index in [1.807, 2.05) is 0 Å². The Morgan fingerprint density at radius 3 is 1.74 bits per heavy atom. The Labute approximate surface area is 405 Å². The molecule has 0 aromatic heterocycles. The molecule has 3 aliphatic heterocycles. The second-order valence-electron chi connectivity index (χ2n) is 18.6. The largest absolute Gasteiger partial charge is 0.394 e. The number of carbonyl (C=O) groups excluding carboxylic acids is 2. The van der Waals surface area contributed by atoms with Crippen LogP contribution >= 0.6 is 0 Å². The Kier molecular flexibility index (Phi) is 29.2. The van der Waals surface area contributed by atoms with Gasteiger partial charge in [-0.25, -0.2) is 0 Å². The van der Waals surface area contributed by atoms with Gasteiger partial charge in [0, 0.05) is 6.92 Å². The van der Waals surface area contributed by atoms with Gasteiger partial charge in [-0.3, -0.25) is 9.59 Å². The molecule has 2 amide bonds. The van der Waals surface area contributed by atoms with Gasteiger partial charge in [-0.1, -0.05) is 103 Å². The van der Waals surface area contributed by atoms with E-state index in [0.29, 0.717) is 12.8 Å². The molecule has 3 saturated heterocycles. The molecular weight excluding hydrogens is 913 g/mol. The van der Waals surface area contributed by atoms with Gasteiger partial charge >= 0.3 is 0 Å². The summed E-state index contributed by atoms with van der Waals surface area (Å²) in [5, 5.41) is 134. The highest BCUT2D eigenvalue weighted by Gasteiger charge is 2.54. The van der Waals surface area contributed by atoms with Crippen molar-refractivity contribution in [3.63, 3.8) is 0 Å². The molecule has 3 aliphatic rings. The molecule has 0 aromatic rings. The first-order valence-corrected chi connectivity index (χ1v) is 25.1. The van der Waals surface area contributed by atoms with E-state index >= 15 is 0 Å². The number of hydrogen-bond donors (Lipinski definition) is 14. The molecule has 69 heavy (non-hydrogen) atoms. The van der Waals surface area contributed by atoms with Gasteiger partial charge in [0.15, 0.2) is 18.9 Å². The zero-order valence-corrected chi connectivity index (χ0v) is 40.6. The summed E-state index contributed by atoms with van der Waals surface area (Å²) in [6, 6.07) is -2.92. The summed E-state index contributed by atoms with van der Waals surface area (Å²) in [6.45, 7) is 2.13. The number of carbonyl (C=O) groups is 2. The Morgan fingerprint density at radius 1 is 0.594 bits per heavy atom. The molecule has 0 aliphatic carbocycles. The molecule has 0 saturated carbocycles. The molecule has 3 heterocycles. The molecule has 14 N–H and O–H groups in total. The maximum Gasteiger partial charge on any atom is 0.249 e. The zero-order chi connectivity index (χ0) is 51.0. The van der Waals surface area contributed by atoms with Crippen molar-refractivity contribution in [1.29, 1.82) is 0 Å². The minimum Gasteiger partial charge on any atom is -0.394 e.